The molecule has 0 bridgehead atoms. The van der Waals surface area contributed by atoms with Crippen molar-refractivity contribution in [1.82, 2.24) is 9.13 Å². The summed E-state index contributed by atoms with van der Waals surface area (Å²) in [5.41, 5.74) is 0.830. The molecule has 0 radical (unpaired) electrons. The zero-order chi connectivity index (χ0) is 33.6. The number of rotatable bonds is 13. The van der Waals surface area contributed by atoms with Crippen LogP contribution in [0.15, 0.2) is 131 Å². The lowest BCUT2D eigenvalue weighted by molar-refractivity contribution is 0.0948. The van der Waals surface area contributed by atoms with Crippen LogP contribution in [-0.2, 0) is 6.54 Å². The summed E-state index contributed by atoms with van der Waals surface area (Å²) < 4.78 is 2.25. The number of benzene rings is 3. The number of aryl methyl sites for hydroxylation is 2. The fourth-order valence-corrected chi connectivity index (χ4v) is 10.9. The first-order valence-electron chi connectivity index (χ1n) is 16.7. The second kappa shape index (κ2) is 14.6. The van der Waals surface area contributed by atoms with Crippen LogP contribution in [0.4, 0.5) is 0 Å². The minimum absolute atomic E-state index is 0.274. The van der Waals surface area contributed by atoms with Gasteiger partial charge in [0.05, 0.1) is 0 Å². The molecular formula is C40H46N2O4Si. The van der Waals surface area contributed by atoms with Gasteiger partial charge in [-0.2, -0.15) is 4.57 Å². The normalized spacial score (nSPS) is 15.4. The summed E-state index contributed by atoms with van der Waals surface area (Å²) in [6.07, 6.45) is 12.7. The number of nitrogens with zero attached hydrogens (tertiary/aromatic N) is 2. The van der Waals surface area contributed by atoms with Crippen LogP contribution in [0.1, 0.15) is 68.8 Å². The van der Waals surface area contributed by atoms with Crippen LogP contribution < -0.4 is 21.6 Å². The van der Waals surface area contributed by atoms with Gasteiger partial charge in [-0.3, -0.25) is 14.2 Å². The first-order chi connectivity index (χ1) is 22.5. The maximum Gasteiger partial charge on any atom is 0.338 e. The molecule has 0 aliphatic heterocycles. The molecule has 0 amide bonds. The Hall–Kier alpha value is -4.33. The lowest BCUT2D eigenvalue weighted by Gasteiger charge is -2.41. The van der Waals surface area contributed by atoms with E-state index >= 15 is 0 Å². The summed E-state index contributed by atoms with van der Waals surface area (Å²) in [7, 11) is -3.03. The van der Waals surface area contributed by atoms with Gasteiger partial charge in [-0.05, 0) is 66.1 Å². The number of carbonyl (C=O) groups is 1. The van der Waals surface area contributed by atoms with Crippen LogP contribution in [0.3, 0.4) is 0 Å². The molecule has 1 aromatic heterocycles. The molecule has 3 aromatic carbocycles. The van der Waals surface area contributed by atoms with E-state index in [1.807, 2.05) is 36.4 Å². The van der Waals surface area contributed by atoms with Crippen molar-refractivity contribution in [3.8, 4) is 0 Å². The molecule has 5 rings (SSSR count). The van der Waals surface area contributed by atoms with Crippen molar-refractivity contribution in [3.63, 3.8) is 0 Å². The van der Waals surface area contributed by atoms with Gasteiger partial charge in [-0.15, -0.1) is 0 Å². The molecule has 0 saturated carbocycles. The summed E-state index contributed by atoms with van der Waals surface area (Å²) in [6, 6.07) is 28.8. The van der Waals surface area contributed by atoms with Gasteiger partial charge in [0.25, 0.3) is 19.8 Å². The first-order valence-corrected chi connectivity index (χ1v) is 18.6. The maximum absolute atomic E-state index is 13.3. The minimum atomic E-state index is -3.03. The molecule has 0 spiro atoms. The van der Waals surface area contributed by atoms with Gasteiger partial charge < -0.3 is 4.80 Å². The number of allylic oxidation sites excluding steroid dienone is 4. The van der Waals surface area contributed by atoms with Crippen LogP contribution in [-0.4, -0.2) is 28.2 Å². The Balaban J connectivity index is 1.21. The highest BCUT2D eigenvalue weighted by Gasteiger charge is 2.49. The van der Waals surface area contributed by atoms with Crippen molar-refractivity contribution < 1.29 is 9.59 Å². The third-order valence-corrected chi connectivity index (χ3v) is 14.5. The molecule has 1 heterocycles. The maximum atomic E-state index is 13.3. The average Bonchev–Trinajstić information content (AvgIpc) is 3.56. The number of carbonyl (C=O) groups excluding carboxylic acids is 1. The first kappa shape index (κ1) is 34.0. The molecule has 7 heteroatoms. The standard InChI is InChI=1S/C40H46N2O4Si/c1-30(17-15-27-40(3,4)47(46,34-22-10-6-11-23-34)35-24-12-7-13-25-35)36-26-14-20-32(36)21-16-28-41-29-31(2)37(43)42(39(41)45)38(44)33-18-8-5-9-19-33/h5-14,18-20,22-26,29-30,36,46H,15-17,21,27-28H2,1-4H3/t30-,36?/m0/s1. The third kappa shape index (κ3) is 7.16. The molecule has 1 unspecified atom stereocenters. The Labute approximate surface area is 278 Å². The highest BCUT2D eigenvalue weighted by Crippen LogP contribution is 2.41. The number of aromatic nitrogens is 2. The molecule has 0 saturated heterocycles. The van der Waals surface area contributed by atoms with Gasteiger partial charge in [0, 0.05) is 29.8 Å². The molecule has 47 heavy (non-hydrogen) atoms. The third-order valence-electron chi connectivity index (χ3n) is 9.91. The Kier molecular flexibility index (Phi) is 10.6. The molecule has 1 N–H and O–H groups in total. The van der Waals surface area contributed by atoms with Gasteiger partial charge in [0.15, 0.2) is 0 Å². The lowest BCUT2D eigenvalue weighted by atomic mass is 9.83. The van der Waals surface area contributed by atoms with Crippen molar-refractivity contribution in [3.05, 3.63) is 153 Å². The Morgan fingerprint density at radius 2 is 1.47 bits per heavy atom. The summed E-state index contributed by atoms with van der Waals surface area (Å²) in [5.74, 6) is 0.144. The summed E-state index contributed by atoms with van der Waals surface area (Å²) in [4.78, 5) is 51.6. The highest BCUT2D eigenvalue weighted by molar-refractivity contribution is 6.98. The van der Waals surface area contributed by atoms with Crippen molar-refractivity contribution in [2.75, 3.05) is 0 Å². The van der Waals surface area contributed by atoms with E-state index < -0.39 is 25.5 Å². The van der Waals surface area contributed by atoms with Crippen molar-refractivity contribution >= 4 is 24.6 Å². The largest absolute Gasteiger partial charge is 0.424 e. The molecule has 6 nitrogen and oxygen atoms in total. The monoisotopic (exact) mass is 646 g/mol. The number of hydrogen-bond donors (Lipinski definition) is 1. The SMILES string of the molecule is Cc1cn(CCCC2=CC=CC2[C@@H](C)CCCC(C)(C)[Si](O)(c2ccccc2)c2ccccc2)c(=O)n(C(=O)c2ccccc2)c1=O. The second-order valence-electron chi connectivity index (χ2n) is 13.6. The molecular weight excluding hydrogens is 601 g/mol. The molecule has 244 valence electrons. The van der Waals surface area contributed by atoms with Gasteiger partial charge in [0.2, 0.25) is 0 Å². The average molecular weight is 647 g/mol. The fraction of sp³-hybridized carbons (Fsp3) is 0.325. The van der Waals surface area contributed by atoms with Crippen LogP contribution in [0.2, 0.25) is 5.04 Å². The zero-order valence-electron chi connectivity index (χ0n) is 27.9. The fourth-order valence-electron chi connectivity index (χ4n) is 7.11. The number of hydrogen-bond acceptors (Lipinski definition) is 4. The molecule has 2 atom stereocenters. The minimum Gasteiger partial charge on any atom is -0.424 e. The van der Waals surface area contributed by atoms with E-state index in [1.165, 1.54) is 10.1 Å². The van der Waals surface area contributed by atoms with E-state index in [-0.39, 0.29) is 5.04 Å². The van der Waals surface area contributed by atoms with E-state index in [9.17, 15) is 19.2 Å². The van der Waals surface area contributed by atoms with Crippen molar-refractivity contribution in [2.24, 2.45) is 11.8 Å². The Morgan fingerprint density at radius 1 is 0.894 bits per heavy atom. The van der Waals surface area contributed by atoms with Crippen LogP contribution in [0.25, 0.3) is 0 Å². The van der Waals surface area contributed by atoms with Gasteiger partial charge in [-0.1, -0.05) is 130 Å². The molecule has 1 aliphatic rings. The van der Waals surface area contributed by atoms with Crippen LogP contribution in [0, 0.1) is 18.8 Å². The zero-order valence-corrected chi connectivity index (χ0v) is 28.9. The smallest absolute Gasteiger partial charge is 0.338 e. The van der Waals surface area contributed by atoms with E-state index in [4.69, 9.17) is 0 Å². The highest BCUT2D eigenvalue weighted by atomic mass is 28.4. The van der Waals surface area contributed by atoms with E-state index in [0.29, 0.717) is 35.9 Å². The molecule has 4 aromatic rings. The predicted molar refractivity (Wildman–Crippen MR) is 193 cm³/mol. The van der Waals surface area contributed by atoms with E-state index in [1.54, 1.807) is 43.5 Å². The van der Waals surface area contributed by atoms with Gasteiger partial charge >= 0.3 is 5.69 Å². The summed E-state index contributed by atoms with van der Waals surface area (Å²) in [6.45, 7) is 8.81. The topological polar surface area (TPSA) is 81.3 Å². The Morgan fingerprint density at radius 3 is 2.06 bits per heavy atom. The van der Waals surface area contributed by atoms with Crippen LogP contribution >= 0.6 is 0 Å². The van der Waals surface area contributed by atoms with Gasteiger partial charge in [-0.25, -0.2) is 4.79 Å². The quantitative estimate of drug-likeness (QED) is 0.175. The second-order valence-corrected chi connectivity index (χ2v) is 17.5. The van der Waals surface area contributed by atoms with E-state index in [0.717, 1.165) is 40.6 Å². The van der Waals surface area contributed by atoms with Crippen molar-refractivity contribution in [1.29, 1.82) is 0 Å². The lowest BCUT2D eigenvalue weighted by Crippen LogP contribution is -2.65. The van der Waals surface area contributed by atoms with Crippen molar-refractivity contribution in [2.45, 2.75) is 71.4 Å². The van der Waals surface area contributed by atoms with E-state index in [2.05, 4.69) is 63.3 Å². The molecule has 1 aliphatic carbocycles. The van der Waals surface area contributed by atoms with Gasteiger partial charge in [0.1, 0.15) is 0 Å². The summed E-state index contributed by atoms with van der Waals surface area (Å²) >= 11 is 0. The predicted octanol–water partition coefficient (Wildman–Crippen LogP) is 6.24. The molecule has 0 fully saturated rings. The van der Waals surface area contributed by atoms with Crippen LogP contribution in [0.5, 0.6) is 0 Å². The Bertz CT molecular complexity index is 1820. The summed E-state index contributed by atoms with van der Waals surface area (Å²) in [5, 5.41) is 1.81.